The van der Waals surface area contributed by atoms with E-state index < -0.39 is 12.2 Å². The summed E-state index contributed by atoms with van der Waals surface area (Å²) in [5, 5.41) is 10.0. The summed E-state index contributed by atoms with van der Waals surface area (Å²) in [6, 6.07) is 7.98. The van der Waals surface area contributed by atoms with Crippen LogP contribution in [0.5, 0.6) is 0 Å². The van der Waals surface area contributed by atoms with E-state index >= 15 is 0 Å². The van der Waals surface area contributed by atoms with Gasteiger partial charge in [-0.15, -0.1) is 0 Å². The molecule has 1 aromatic carbocycles. The zero-order valence-electron chi connectivity index (χ0n) is 19.1. The minimum atomic E-state index is -0.825. The van der Waals surface area contributed by atoms with Gasteiger partial charge < -0.3 is 14.6 Å². The molecule has 2 aliphatic carbocycles. The molecular weight excluding hydrogens is 392 g/mol. The van der Waals surface area contributed by atoms with Crippen molar-refractivity contribution in [1.29, 1.82) is 0 Å². The molecule has 5 nitrogen and oxygen atoms in total. The van der Waals surface area contributed by atoms with Crippen LogP contribution in [0.1, 0.15) is 95.1 Å². The summed E-state index contributed by atoms with van der Waals surface area (Å²) in [5.41, 5.74) is 2.06. The van der Waals surface area contributed by atoms with Gasteiger partial charge in [0.15, 0.2) is 0 Å². The van der Waals surface area contributed by atoms with Crippen molar-refractivity contribution in [3.8, 4) is 0 Å². The Kier molecular flexibility index (Phi) is 8.94. The lowest BCUT2D eigenvalue weighted by Gasteiger charge is -2.23. The van der Waals surface area contributed by atoms with Gasteiger partial charge in [0.05, 0.1) is 12.0 Å². The van der Waals surface area contributed by atoms with Gasteiger partial charge in [-0.05, 0) is 62.0 Å². The minimum absolute atomic E-state index is 0.194. The summed E-state index contributed by atoms with van der Waals surface area (Å²) in [5.74, 6) is -0.342. The van der Waals surface area contributed by atoms with Gasteiger partial charge in [-0.25, -0.2) is 0 Å². The van der Waals surface area contributed by atoms with Gasteiger partial charge in [0, 0.05) is 12.8 Å². The average Bonchev–Trinajstić information content (AvgIpc) is 3.18. The van der Waals surface area contributed by atoms with Crippen molar-refractivity contribution in [3.05, 3.63) is 35.4 Å². The molecular formula is C26H38O5. The van der Waals surface area contributed by atoms with Crippen molar-refractivity contribution < 1.29 is 24.2 Å². The molecule has 0 aromatic heterocycles. The Morgan fingerprint density at radius 2 is 1.71 bits per heavy atom. The second-order valence-corrected chi connectivity index (χ2v) is 9.40. The Labute approximate surface area is 186 Å². The number of esters is 2. The molecule has 0 spiro atoms. The highest BCUT2D eigenvalue weighted by Crippen LogP contribution is 2.30. The summed E-state index contributed by atoms with van der Waals surface area (Å²) < 4.78 is 11.0. The summed E-state index contributed by atoms with van der Waals surface area (Å²) >= 11 is 0. The highest BCUT2D eigenvalue weighted by Gasteiger charge is 2.26. The number of rotatable bonds is 9. The number of carbonyl (C=O) groups excluding carboxylic acids is 2. The Bertz CT molecular complexity index is 707. The van der Waals surface area contributed by atoms with Crippen LogP contribution in [-0.2, 0) is 25.5 Å². The van der Waals surface area contributed by atoms with Gasteiger partial charge in [0.25, 0.3) is 0 Å². The first kappa shape index (κ1) is 23.8. The molecule has 0 amide bonds. The van der Waals surface area contributed by atoms with Crippen LogP contribution in [0.25, 0.3) is 0 Å². The lowest BCUT2D eigenvalue weighted by Crippen LogP contribution is -2.27. The molecule has 2 fully saturated rings. The lowest BCUT2D eigenvalue weighted by atomic mass is 9.87. The molecule has 1 N–H and O–H groups in total. The molecule has 0 heterocycles. The van der Waals surface area contributed by atoms with Crippen LogP contribution < -0.4 is 0 Å². The van der Waals surface area contributed by atoms with E-state index in [1.807, 2.05) is 38.1 Å². The van der Waals surface area contributed by atoms with Gasteiger partial charge >= 0.3 is 11.9 Å². The molecule has 4 atom stereocenters. The first-order chi connectivity index (χ1) is 15.0. The SMILES string of the molecule is CCC(OC(=O)CC1CCCCC1)OC(=O)[C@@H](C)c1ccc(C[C@H]2CCC[C@@H]2O)cc1. The normalized spacial score (nSPS) is 23.8. The molecule has 31 heavy (non-hydrogen) atoms. The standard InChI is InChI=1S/C26H38O5/c1-3-25(30-24(28)17-19-8-5-4-6-9-19)31-26(29)18(2)21-14-12-20(13-15-21)16-22-10-7-11-23(22)27/h12-15,18-19,22-23,25,27H,3-11,16-17H2,1-2H3/t18-,22+,23-,25?/m0/s1. The molecule has 172 valence electrons. The number of benzene rings is 1. The van der Waals surface area contributed by atoms with Crippen molar-refractivity contribution in [1.82, 2.24) is 0 Å². The van der Waals surface area contributed by atoms with E-state index in [1.54, 1.807) is 0 Å². The topological polar surface area (TPSA) is 72.8 Å². The second kappa shape index (κ2) is 11.7. The van der Waals surface area contributed by atoms with Crippen molar-refractivity contribution in [2.24, 2.45) is 11.8 Å². The van der Waals surface area contributed by atoms with Crippen LogP contribution in [-0.4, -0.2) is 29.4 Å². The third kappa shape index (κ3) is 7.06. The van der Waals surface area contributed by atoms with Crippen LogP contribution in [0.3, 0.4) is 0 Å². The maximum atomic E-state index is 12.6. The van der Waals surface area contributed by atoms with E-state index in [0.717, 1.165) is 44.1 Å². The van der Waals surface area contributed by atoms with Gasteiger partial charge in [-0.1, -0.05) is 56.9 Å². The van der Waals surface area contributed by atoms with Crippen molar-refractivity contribution in [2.75, 3.05) is 0 Å². The van der Waals surface area contributed by atoms with Crippen molar-refractivity contribution in [3.63, 3.8) is 0 Å². The Balaban J connectivity index is 1.48. The fraction of sp³-hybridized carbons (Fsp3) is 0.692. The number of ether oxygens (including phenoxy) is 2. The molecule has 1 aromatic rings. The summed E-state index contributed by atoms with van der Waals surface area (Å²) in [4.78, 5) is 24.9. The Hall–Kier alpha value is -1.88. The molecule has 3 rings (SSSR count). The molecule has 0 bridgehead atoms. The van der Waals surface area contributed by atoms with Gasteiger partial charge in [0.1, 0.15) is 0 Å². The molecule has 2 saturated carbocycles. The van der Waals surface area contributed by atoms with Gasteiger partial charge in [-0.3, -0.25) is 9.59 Å². The number of hydrogen-bond acceptors (Lipinski definition) is 5. The molecule has 0 radical (unpaired) electrons. The monoisotopic (exact) mass is 430 g/mol. The predicted molar refractivity (Wildman–Crippen MR) is 119 cm³/mol. The first-order valence-electron chi connectivity index (χ1n) is 12.1. The molecule has 1 unspecified atom stereocenters. The Morgan fingerprint density at radius 3 is 2.32 bits per heavy atom. The van der Waals surface area contributed by atoms with Crippen molar-refractivity contribution >= 4 is 11.9 Å². The third-order valence-corrected chi connectivity index (χ3v) is 6.97. The minimum Gasteiger partial charge on any atom is -0.425 e. The van der Waals surface area contributed by atoms with E-state index in [9.17, 15) is 14.7 Å². The van der Waals surface area contributed by atoms with Crippen LogP contribution in [0.15, 0.2) is 24.3 Å². The van der Waals surface area contributed by atoms with Crippen LogP contribution in [0, 0.1) is 11.8 Å². The van der Waals surface area contributed by atoms with E-state index in [0.29, 0.717) is 24.7 Å². The second-order valence-electron chi connectivity index (χ2n) is 9.40. The smallest absolute Gasteiger partial charge is 0.316 e. The fourth-order valence-corrected chi connectivity index (χ4v) is 4.88. The van der Waals surface area contributed by atoms with E-state index in [1.165, 1.54) is 24.8 Å². The van der Waals surface area contributed by atoms with Crippen LogP contribution >= 0.6 is 0 Å². The summed E-state index contributed by atoms with van der Waals surface area (Å²) in [6.07, 6.45) is 9.56. The number of aliphatic hydroxyl groups excluding tert-OH is 1. The molecule has 0 saturated heterocycles. The zero-order valence-corrected chi connectivity index (χ0v) is 19.1. The fourth-order valence-electron chi connectivity index (χ4n) is 4.88. The molecule has 0 aliphatic heterocycles. The van der Waals surface area contributed by atoms with E-state index in [4.69, 9.17) is 9.47 Å². The van der Waals surface area contributed by atoms with E-state index in [-0.39, 0.29) is 18.0 Å². The van der Waals surface area contributed by atoms with Crippen LogP contribution in [0.2, 0.25) is 0 Å². The third-order valence-electron chi connectivity index (χ3n) is 6.97. The maximum absolute atomic E-state index is 12.6. The maximum Gasteiger partial charge on any atom is 0.316 e. The predicted octanol–water partition coefficient (Wildman–Crippen LogP) is 5.29. The largest absolute Gasteiger partial charge is 0.425 e. The Morgan fingerprint density at radius 1 is 1.00 bits per heavy atom. The van der Waals surface area contributed by atoms with Crippen molar-refractivity contribution in [2.45, 2.75) is 103 Å². The van der Waals surface area contributed by atoms with Gasteiger partial charge in [0.2, 0.25) is 6.29 Å². The van der Waals surface area contributed by atoms with Crippen LogP contribution in [0.4, 0.5) is 0 Å². The quantitative estimate of drug-likeness (QED) is 0.426. The highest BCUT2D eigenvalue weighted by atomic mass is 16.7. The first-order valence-corrected chi connectivity index (χ1v) is 12.1. The molecule has 2 aliphatic rings. The van der Waals surface area contributed by atoms with Gasteiger partial charge in [-0.2, -0.15) is 0 Å². The lowest BCUT2D eigenvalue weighted by molar-refractivity contribution is -0.189. The van der Waals surface area contributed by atoms with E-state index in [2.05, 4.69) is 0 Å². The average molecular weight is 431 g/mol. The number of carbonyl (C=O) groups is 2. The highest BCUT2D eigenvalue weighted by molar-refractivity contribution is 5.78. The number of hydrogen-bond donors (Lipinski definition) is 1. The zero-order chi connectivity index (χ0) is 22.2. The summed E-state index contributed by atoms with van der Waals surface area (Å²) in [6.45, 7) is 3.66. The summed E-state index contributed by atoms with van der Waals surface area (Å²) in [7, 11) is 0. The number of aliphatic hydroxyl groups is 1. The molecule has 5 heteroatoms.